The fourth-order valence-corrected chi connectivity index (χ4v) is 4.93. The lowest BCUT2D eigenvalue weighted by atomic mass is 9.95. The van der Waals surface area contributed by atoms with Gasteiger partial charge in [-0.1, -0.05) is 18.2 Å². The van der Waals surface area contributed by atoms with E-state index in [0.29, 0.717) is 17.9 Å². The van der Waals surface area contributed by atoms with Gasteiger partial charge in [-0.25, -0.2) is 4.39 Å². The van der Waals surface area contributed by atoms with Gasteiger partial charge in [-0.3, -0.25) is 0 Å². The SMILES string of the molecule is OC(Cc1ccccc1F)C1C2C3CCC(C3)C12. The minimum Gasteiger partial charge on any atom is -0.392 e. The second kappa shape index (κ2) is 3.80. The van der Waals surface area contributed by atoms with Gasteiger partial charge in [0.05, 0.1) is 6.10 Å². The van der Waals surface area contributed by atoms with Crippen LogP contribution < -0.4 is 0 Å². The molecule has 0 amide bonds. The molecule has 1 aromatic rings. The van der Waals surface area contributed by atoms with Crippen LogP contribution in [0.3, 0.4) is 0 Å². The summed E-state index contributed by atoms with van der Waals surface area (Å²) in [5.74, 6) is 3.58. The second-order valence-corrected chi connectivity index (χ2v) is 6.43. The molecule has 5 unspecified atom stereocenters. The molecule has 96 valence electrons. The van der Waals surface area contributed by atoms with Gasteiger partial charge in [0.25, 0.3) is 0 Å². The normalized spacial score (nSPS) is 41.8. The molecule has 0 saturated heterocycles. The van der Waals surface area contributed by atoms with Gasteiger partial charge in [0.2, 0.25) is 0 Å². The maximum absolute atomic E-state index is 13.6. The molecular formula is C16H19FO. The van der Waals surface area contributed by atoms with Crippen LogP contribution >= 0.6 is 0 Å². The smallest absolute Gasteiger partial charge is 0.126 e. The molecule has 3 aliphatic rings. The quantitative estimate of drug-likeness (QED) is 0.869. The molecule has 0 aromatic heterocycles. The van der Waals surface area contributed by atoms with Crippen LogP contribution in [-0.4, -0.2) is 11.2 Å². The highest BCUT2D eigenvalue weighted by molar-refractivity contribution is 5.21. The van der Waals surface area contributed by atoms with E-state index in [0.717, 1.165) is 23.7 Å². The highest BCUT2D eigenvalue weighted by Crippen LogP contribution is 2.70. The minimum atomic E-state index is -0.333. The molecule has 1 aromatic carbocycles. The first-order valence-corrected chi connectivity index (χ1v) is 7.17. The third kappa shape index (κ3) is 1.48. The molecule has 3 saturated carbocycles. The summed E-state index contributed by atoms with van der Waals surface area (Å²) in [4.78, 5) is 0. The topological polar surface area (TPSA) is 20.2 Å². The van der Waals surface area contributed by atoms with Gasteiger partial charge in [0.15, 0.2) is 0 Å². The van der Waals surface area contributed by atoms with Gasteiger partial charge >= 0.3 is 0 Å². The van der Waals surface area contributed by atoms with E-state index < -0.39 is 0 Å². The number of fused-ring (bicyclic) bond motifs is 5. The zero-order chi connectivity index (χ0) is 12.3. The summed E-state index contributed by atoms with van der Waals surface area (Å²) in [6.07, 6.45) is 4.30. The van der Waals surface area contributed by atoms with E-state index in [2.05, 4.69) is 0 Å². The van der Waals surface area contributed by atoms with Crippen LogP contribution in [0.15, 0.2) is 24.3 Å². The Morgan fingerprint density at radius 2 is 1.83 bits per heavy atom. The molecule has 3 fully saturated rings. The van der Waals surface area contributed by atoms with Crippen LogP contribution in [0.1, 0.15) is 24.8 Å². The van der Waals surface area contributed by atoms with Gasteiger partial charge < -0.3 is 5.11 Å². The molecule has 18 heavy (non-hydrogen) atoms. The van der Waals surface area contributed by atoms with Crippen molar-refractivity contribution >= 4 is 0 Å². The maximum Gasteiger partial charge on any atom is 0.126 e. The first-order chi connectivity index (χ1) is 8.75. The zero-order valence-corrected chi connectivity index (χ0v) is 10.4. The number of rotatable bonds is 3. The van der Waals surface area contributed by atoms with Gasteiger partial charge in [-0.2, -0.15) is 0 Å². The van der Waals surface area contributed by atoms with Crippen molar-refractivity contribution in [2.24, 2.45) is 29.6 Å². The second-order valence-electron chi connectivity index (χ2n) is 6.43. The zero-order valence-electron chi connectivity index (χ0n) is 10.4. The first-order valence-electron chi connectivity index (χ1n) is 7.17. The van der Waals surface area contributed by atoms with E-state index in [1.165, 1.54) is 25.3 Å². The van der Waals surface area contributed by atoms with Gasteiger partial charge in [-0.05, 0) is 60.5 Å². The highest BCUT2D eigenvalue weighted by Gasteiger charge is 2.66. The van der Waals surface area contributed by atoms with Crippen LogP contribution in [0.4, 0.5) is 4.39 Å². The summed E-state index contributed by atoms with van der Waals surface area (Å²) >= 11 is 0. The number of hydrogen-bond acceptors (Lipinski definition) is 1. The van der Waals surface area contributed by atoms with Gasteiger partial charge in [0, 0.05) is 6.42 Å². The molecular weight excluding hydrogens is 227 g/mol. The number of benzene rings is 1. The predicted molar refractivity (Wildman–Crippen MR) is 67.4 cm³/mol. The van der Waals surface area contributed by atoms with E-state index in [9.17, 15) is 9.50 Å². The van der Waals surface area contributed by atoms with Crippen LogP contribution in [0.25, 0.3) is 0 Å². The molecule has 4 rings (SSSR count). The van der Waals surface area contributed by atoms with Crippen LogP contribution in [-0.2, 0) is 6.42 Å². The van der Waals surface area contributed by atoms with Crippen molar-refractivity contribution < 1.29 is 9.50 Å². The number of hydrogen-bond donors (Lipinski definition) is 1. The Kier molecular flexibility index (Phi) is 2.32. The fraction of sp³-hybridized carbons (Fsp3) is 0.625. The molecule has 1 N–H and O–H groups in total. The molecule has 5 atom stereocenters. The Morgan fingerprint density at radius 3 is 2.50 bits per heavy atom. The lowest BCUT2D eigenvalue weighted by Crippen LogP contribution is -2.19. The summed E-state index contributed by atoms with van der Waals surface area (Å²) in [6.45, 7) is 0. The van der Waals surface area contributed by atoms with Gasteiger partial charge in [-0.15, -0.1) is 0 Å². The summed E-state index contributed by atoms with van der Waals surface area (Å²) in [5, 5.41) is 10.4. The number of aliphatic hydroxyl groups excluding tert-OH is 1. The van der Waals surface area contributed by atoms with Crippen molar-refractivity contribution in [1.82, 2.24) is 0 Å². The van der Waals surface area contributed by atoms with Crippen molar-refractivity contribution in [2.45, 2.75) is 31.8 Å². The lowest BCUT2D eigenvalue weighted by Gasteiger charge is -2.15. The van der Waals surface area contributed by atoms with E-state index in [1.54, 1.807) is 12.1 Å². The minimum absolute atomic E-state index is 0.176. The average Bonchev–Trinajstić information content (AvgIpc) is 2.82. The van der Waals surface area contributed by atoms with Gasteiger partial charge in [0.1, 0.15) is 5.82 Å². The molecule has 0 spiro atoms. The van der Waals surface area contributed by atoms with Crippen LogP contribution in [0.5, 0.6) is 0 Å². The average molecular weight is 246 g/mol. The Bertz CT molecular complexity index is 456. The summed E-state index contributed by atoms with van der Waals surface area (Å²) in [6, 6.07) is 6.84. The monoisotopic (exact) mass is 246 g/mol. The third-order valence-electron chi connectivity index (χ3n) is 5.63. The number of aliphatic hydroxyl groups is 1. The summed E-state index contributed by atoms with van der Waals surface area (Å²) in [7, 11) is 0. The standard InChI is InChI=1S/C16H19FO/c17-12-4-2-1-3-9(12)8-13(18)16-14-10-5-6-11(7-10)15(14)16/h1-4,10-11,13-16,18H,5-8H2. The van der Waals surface area contributed by atoms with E-state index in [4.69, 9.17) is 0 Å². The van der Waals surface area contributed by atoms with Crippen molar-refractivity contribution in [3.8, 4) is 0 Å². The summed E-state index contributed by atoms with van der Waals surface area (Å²) < 4.78 is 13.6. The number of halogens is 1. The van der Waals surface area contributed by atoms with Crippen molar-refractivity contribution in [2.75, 3.05) is 0 Å². The van der Waals surface area contributed by atoms with Crippen molar-refractivity contribution in [3.63, 3.8) is 0 Å². The molecule has 2 bridgehead atoms. The largest absolute Gasteiger partial charge is 0.392 e. The van der Waals surface area contributed by atoms with E-state index >= 15 is 0 Å². The fourth-order valence-electron chi connectivity index (χ4n) is 4.93. The molecule has 2 heteroatoms. The van der Waals surface area contributed by atoms with E-state index in [-0.39, 0.29) is 11.9 Å². The van der Waals surface area contributed by atoms with Crippen LogP contribution in [0.2, 0.25) is 0 Å². The van der Waals surface area contributed by atoms with Crippen LogP contribution in [0, 0.1) is 35.4 Å². The molecule has 0 radical (unpaired) electrons. The van der Waals surface area contributed by atoms with E-state index in [1.807, 2.05) is 6.07 Å². The maximum atomic E-state index is 13.6. The Labute approximate surface area is 107 Å². The Balaban J connectivity index is 1.47. The summed E-state index contributed by atoms with van der Waals surface area (Å²) in [5.41, 5.74) is 0.669. The lowest BCUT2D eigenvalue weighted by molar-refractivity contribution is 0.128. The van der Waals surface area contributed by atoms with Crippen molar-refractivity contribution in [3.05, 3.63) is 35.6 Å². The molecule has 0 heterocycles. The third-order valence-corrected chi connectivity index (χ3v) is 5.63. The Hall–Kier alpha value is -0.890. The molecule has 3 aliphatic carbocycles. The van der Waals surface area contributed by atoms with Crippen molar-refractivity contribution in [1.29, 1.82) is 0 Å². The Morgan fingerprint density at radius 1 is 1.17 bits per heavy atom. The highest BCUT2D eigenvalue weighted by atomic mass is 19.1. The molecule has 1 nitrogen and oxygen atoms in total. The predicted octanol–water partition coefficient (Wildman–Crippen LogP) is 3.02. The molecule has 0 aliphatic heterocycles. The first kappa shape index (κ1) is 11.0.